The van der Waals surface area contributed by atoms with Gasteiger partial charge in [0, 0.05) is 33.3 Å². The number of nitrogens with zero attached hydrogens (tertiary/aromatic N) is 5. The van der Waals surface area contributed by atoms with Crippen LogP contribution < -0.4 is 14.7 Å². The molecule has 268 valence electrons. The van der Waals surface area contributed by atoms with Crippen molar-refractivity contribution in [3.05, 3.63) is 76.6 Å². The third-order valence-electron chi connectivity index (χ3n) is 8.07. The standard InChI is InChI=1S/C32H34F9N5O3/c1-5-23-15-26(24-14-20(30(33,34)35)7-8-25(24)46(23)29(47)49-6-2)45(28-17-42-16-27(43-28)44(3)9-10-48-4)18-19-11-21(31(36,37)38)13-22(12-19)32(39,40)41/h7-8,11-14,16-17,23,26H,5-6,9-10,15,18H2,1-4H3/t23-,26+/m1/s1. The zero-order valence-corrected chi connectivity index (χ0v) is 26.9. The highest BCUT2D eigenvalue weighted by Crippen LogP contribution is 2.46. The number of carbonyl (C=O) groups excluding carboxylic acids is 1. The summed E-state index contributed by atoms with van der Waals surface area (Å²) in [6, 6.07) is 2.00. The molecule has 1 amide bonds. The van der Waals surface area contributed by atoms with Crippen LogP contribution in [0.1, 0.15) is 60.5 Å². The van der Waals surface area contributed by atoms with Crippen molar-refractivity contribution in [1.29, 1.82) is 0 Å². The van der Waals surface area contributed by atoms with E-state index in [9.17, 15) is 44.3 Å². The molecular formula is C32H34F9N5O3. The van der Waals surface area contributed by atoms with Gasteiger partial charge in [0.2, 0.25) is 0 Å². The molecule has 0 N–H and O–H groups in total. The molecule has 3 aromatic rings. The number of alkyl halides is 9. The molecule has 2 heterocycles. The van der Waals surface area contributed by atoms with Crippen molar-refractivity contribution in [3.8, 4) is 0 Å². The number of hydrogen-bond acceptors (Lipinski definition) is 7. The molecule has 0 unspecified atom stereocenters. The summed E-state index contributed by atoms with van der Waals surface area (Å²) in [7, 11) is 3.12. The van der Waals surface area contributed by atoms with Gasteiger partial charge in [-0.1, -0.05) is 6.92 Å². The van der Waals surface area contributed by atoms with Crippen LogP contribution in [-0.4, -0.2) is 56.0 Å². The van der Waals surface area contributed by atoms with Crippen molar-refractivity contribution in [3.63, 3.8) is 0 Å². The van der Waals surface area contributed by atoms with Gasteiger partial charge >= 0.3 is 24.6 Å². The Bertz CT molecular complexity index is 1580. The van der Waals surface area contributed by atoms with Gasteiger partial charge in [-0.2, -0.15) is 39.5 Å². The quantitative estimate of drug-likeness (QED) is 0.196. The maximum Gasteiger partial charge on any atom is 0.416 e. The van der Waals surface area contributed by atoms with Crippen LogP contribution in [0.4, 0.5) is 61.6 Å². The number of halogens is 9. The number of anilines is 3. The van der Waals surface area contributed by atoms with E-state index in [2.05, 4.69) is 9.97 Å². The van der Waals surface area contributed by atoms with E-state index >= 15 is 0 Å². The molecule has 1 aliphatic heterocycles. The van der Waals surface area contributed by atoms with Crippen molar-refractivity contribution < 1.29 is 53.8 Å². The molecule has 0 saturated carbocycles. The van der Waals surface area contributed by atoms with Crippen LogP contribution in [-0.2, 0) is 34.5 Å². The van der Waals surface area contributed by atoms with Crippen LogP contribution in [0.25, 0.3) is 0 Å². The summed E-state index contributed by atoms with van der Waals surface area (Å²) in [5.41, 5.74) is -4.64. The first kappa shape index (κ1) is 37.5. The summed E-state index contributed by atoms with van der Waals surface area (Å²) < 4.78 is 136. The minimum absolute atomic E-state index is 0.00508. The van der Waals surface area contributed by atoms with Gasteiger partial charge in [-0.15, -0.1) is 0 Å². The highest BCUT2D eigenvalue weighted by molar-refractivity contribution is 5.90. The number of aromatic nitrogens is 2. The van der Waals surface area contributed by atoms with Crippen LogP contribution in [0.2, 0.25) is 0 Å². The molecule has 0 aliphatic carbocycles. The van der Waals surface area contributed by atoms with Crippen LogP contribution in [0, 0.1) is 0 Å². The third-order valence-corrected chi connectivity index (χ3v) is 8.07. The highest BCUT2D eigenvalue weighted by Gasteiger charge is 2.42. The lowest BCUT2D eigenvalue weighted by Crippen LogP contribution is -2.48. The zero-order valence-electron chi connectivity index (χ0n) is 26.9. The number of ether oxygens (including phenoxy) is 2. The number of rotatable bonds is 10. The number of benzene rings is 2. The molecular weight excluding hydrogens is 673 g/mol. The van der Waals surface area contributed by atoms with E-state index in [1.807, 2.05) is 0 Å². The maximum atomic E-state index is 14.1. The Balaban J connectivity index is 1.98. The number of methoxy groups -OCH3 is 1. The van der Waals surface area contributed by atoms with E-state index < -0.39 is 65.5 Å². The Kier molecular flexibility index (Phi) is 11.2. The van der Waals surface area contributed by atoms with Crippen LogP contribution >= 0.6 is 0 Å². The van der Waals surface area contributed by atoms with Crippen molar-refractivity contribution >= 4 is 23.4 Å². The van der Waals surface area contributed by atoms with Gasteiger partial charge in [0.25, 0.3) is 0 Å². The van der Waals surface area contributed by atoms with E-state index in [4.69, 9.17) is 9.47 Å². The molecule has 2 aromatic carbocycles. The molecule has 2 atom stereocenters. The Morgan fingerprint density at radius 1 is 0.898 bits per heavy atom. The van der Waals surface area contributed by atoms with Crippen molar-refractivity contribution in [1.82, 2.24) is 9.97 Å². The van der Waals surface area contributed by atoms with Gasteiger partial charge < -0.3 is 19.3 Å². The highest BCUT2D eigenvalue weighted by atomic mass is 19.4. The minimum atomic E-state index is -5.14. The lowest BCUT2D eigenvalue weighted by Gasteiger charge is -2.44. The van der Waals surface area contributed by atoms with Crippen LogP contribution in [0.3, 0.4) is 0 Å². The van der Waals surface area contributed by atoms with Gasteiger partial charge in [-0.25, -0.2) is 9.78 Å². The average molecular weight is 708 g/mol. The summed E-state index contributed by atoms with van der Waals surface area (Å²) in [5.74, 6) is 0.209. The van der Waals surface area contributed by atoms with Crippen molar-refractivity contribution in [2.75, 3.05) is 48.6 Å². The Labute approximate surface area is 276 Å². The third kappa shape index (κ3) is 8.66. The zero-order chi connectivity index (χ0) is 36.3. The van der Waals surface area contributed by atoms with E-state index in [-0.39, 0.29) is 55.0 Å². The first-order valence-corrected chi connectivity index (χ1v) is 15.1. The molecule has 0 fully saturated rings. The first-order valence-electron chi connectivity index (χ1n) is 15.1. The summed E-state index contributed by atoms with van der Waals surface area (Å²) in [4.78, 5) is 26.1. The number of hydrogen-bond donors (Lipinski definition) is 0. The Morgan fingerprint density at radius 3 is 2.06 bits per heavy atom. The second-order valence-electron chi connectivity index (χ2n) is 11.3. The van der Waals surface area contributed by atoms with Crippen LogP contribution in [0.5, 0.6) is 0 Å². The van der Waals surface area contributed by atoms with E-state index in [0.717, 1.165) is 18.2 Å². The summed E-state index contributed by atoms with van der Waals surface area (Å²) >= 11 is 0. The summed E-state index contributed by atoms with van der Waals surface area (Å²) in [6.45, 7) is 3.19. The molecule has 0 saturated heterocycles. The van der Waals surface area contributed by atoms with Gasteiger partial charge in [0.15, 0.2) is 0 Å². The molecule has 0 spiro atoms. The van der Waals surface area contributed by atoms with E-state index in [0.29, 0.717) is 18.7 Å². The second-order valence-corrected chi connectivity index (χ2v) is 11.3. The van der Waals surface area contributed by atoms with Gasteiger partial charge in [0.05, 0.1) is 54.0 Å². The summed E-state index contributed by atoms with van der Waals surface area (Å²) in [5, 5.41) is 0. The largest absolute Gasteiger partial charge is 0.449 e. The lowest BCUT2D eigenvalue weighted by molar-refractivity contribution is -0.143. The van der Waals surface area contributed by atoms with Crippen molar-refractivity contribution in [2.45, 2.75) is 63.8 Å². The fourth-order valence-corrected chi connectivity index (χ4v) is 5.66. The molecule has 4 rings (SSSR count). The number of amides is 1. The number of carbonyl (C=O) groups is 1. The molecule has 17 heteroatoms. The van der Waals surface area contributed by atoms with Gasteiger partial charge in [-0.3, -0.25) is 9.88 Å². The first-order chi connectivity index (χ1) is 22.9. The smallest absolute Gasteiger partial charge is 0.416 e. The normalized spacial score (nSPS) is 16.7. The molecule has 1 aliphatic rings. The van der Waals surface area contributed by atoms with Crippen LogP contribution in [0.15, 0.2) is 48.8 Å². The second kappa shape index (κ2) is 14.7. The Morgan fingerprint density at radius 2 is 1.51 bits per heavy atom. The molecule has 0 bridgehead atoms. The summed E-state index contributed by atoms with van der Waals surface area (Å²) in [6.07, 6.45) is -13.2. The molecule has 0 radical (unpaired) electrons. The molecule has 8 nitrogen and oxygen atoms in total. The number of likely N-dealkylation sites (N-methyl/N-ethyl adjacent to an activating group) is 1. The van der Waals surface area contributed by atoms with Gasteiger partial charge in [0.1, 0.15) is 11.6 Å². The fourth-order valence-electron chi connectivity index (χ4n) is 5.66. The van der Waals surface area contributed by atoms with E-state index in [1.54, 1.807) is 25.8 Å². The number of fused-ring (bicyclic) bond motifs is 1. The van der Waals surface area contributed by atoms with Crippen molar-refractivity contribution in [2.24, 2.45) is 0 Å². The minimum Gasteiger partial charge on any atom is -0.449 e. The molecule has 49 heavy (non-hydrogen) atoms. The average Bonchev–Trinajstić information content (AvgIpc) is 3.03. The predicted molar refractivity (Wildman–Crippen MR) is 162 cm³/mol. The predicted octanol–water partition coefficient (Wildman–Crippen LogP) is 8.51. The Hall–Kier alpha value is -4.28. The topological polar surface area (TPSA) is 71.0 Å². The SMILES string of the molecule is CCOC(=O)N1c2ccc(C(F)(F)F)cc2[C@@H](N(Cc2cc(C(F)(F)F)cc(C(F)(F)F)c2)c2cncc(N(C)CCOC)n2)C[C@H]1CC. The maximum absolute atomic E-state index is 14.1. The van der Waals surface area contributed by atoms with E-state index in [1.165, 1.54) is 29.3 Å². The molecule has 1 aromatic heterocycles. The fraction of sp³-hybridized carbons (Fsp3) is 0.469. The van der Waals surface area contributed by atoms with Gasteiger partial charge in [-0.05, 0) is 67.3 Å². The monoisotopic (exact) mass is 707 g/mol. The lowest BCUT2D eigenvalue weighted by atomic mass is 9.87.